The minimum absolute atomic E-state index is 0.0987. The Labute approximate surface area is 162 Å². The Hall–Kier alpha value is -3.34. The van der Waals surface area contributed by atoms with Crippen LogP contribution in [0.1, 0.15) is 5.56 Å². The zero-order chi connectivity index (χ0) is 21.2. The summed E-state index contributed by atoms with van der Waals surface area (Å²) in [7, 11) is -5.18. The first-order chi connectivity index (χ1) is 13.6. The maximum atomic E-state index is 14.3. The van der Waals surface area contributed by atoms with Crippen LogP contribution in [0.5, 0.6) is 17.4 Å². The summed E-state index contributed by atoms with van der Waals surface area (Å²) in [5, 5.41) is 9.34. The van der Waals surface area contributed by atoms with E-state index in [2.05, 4.69) is 9.17 Å². The highest BCUT2D eigenvalue weighted by Crippen LogP contribution is 2.29. The smallest absolute Gasteiger partial charge is 0.488 e. The highest BCUT2D eigenvalue weighted by atomic mass is 32.3. The lowest BCUT2D eigenvalue weighted by molar-refractivity contribution is 0.292. The van der Waals surface area contributed by atoms with Crippen molar-refractivity contribution in [3.63, 3.8) is 0 Å². The van der Waals surface area contributed by atoms with Crippen LogP contribution in [-0.2, 0) is 17.1 Å². The lowest BCUT2D eigenvalue weighted by atomic mass is 10.0. The fourth-order valence-electron chi connectivity index (χ4n) is 2.41. The summed E-state index contributed by atoms with van der Waals surface area (Å²) in [5.41, 5.74) is -0.826. The van der Waals surface area contributed by atoms with Crippen molar-refractivity contribution in [3.05, 3.63) is 71.7 Å². The largest absolute Gasteiger partial charge is 0.493 e. The zero-order valence-corrected chi connectivity index (χ0v) is 15.1. The molecule has 3 rings (SSSR count). The molecule has 0 bridgehead atoms. The molecule has 0 saturated heterocycles. The Balaban J connectivity index is 1.77. The van der Waals surface area contributed by atoms with E-state index in [0.29, 0.717) is 0 Å². The van der Waals surface area contributed by atoms with Gasteiger partial charge in [0.25, 0.3) is 0 Å². The highest BCUT2D eigenvalue weighted by molar-refractivity contribution is 7.81. The number of benzene rings is 2. The third-order valence-corrected chi connectivity index (χ3v) is 4.09. The predicted octanol–water partition coefficient (Wildman–Crippen LogP) is 4.04. The first kappa shape index (κ1) is 20.4. The van der Waals surface area contributed by atoms with E-state index >= 15 is 0 Å². The second-order valence-corrected chi connectivity index (χ2v) is 6.63. The zero-order valence-electron chi connectivity index (χ0n) is 14.3. The molecule has 1 N–H and O–H groups in total. The molecule has 11 heteroatoms. The van der Waals surface area contributed by atoms with Gasteiger partial charge in [-0.1, -0.05) is 3.89 Å². The van der Waals surface area contributed by atoms with Gasteiger partial charge in [0, 0.05) is 11.6 Å². The van der Waals surface area contributed by atoms with E-state index in [1.54, 1.807) is 0 Å². The van der Waals surface area contributed by atoms with Crippen LogP contribution in [0, 0.1) is 17.5 Å². The van der Waals surface area contributed by atoms with Crippen molar-refractivity contribution in [2.75, 3.05) is 0 Å². The van der Waals surface area contributed by atoms with Crippen molar-refractivity contribution in [2.45, 2.75) is 6.61 Å². The van der Waals surface area contributed by atoms with Crippen molar-refractivity contribution in [2.24, 2.45) is 0 Å². The molecule has 152 valence electrons. The molecule has 0 saturated carbocycles. The van der Waals surface area contributed by atoms with Gasteiger partial charge in [-0.25, -0.2) is 18.2 Å². The summed E-state index contributed by atoms with van der Waals surface area (Å²) in [6.45, 7) is -0.538. The Morgan fingerprint density at radius 1 is 0.931 bits per heavy atom. The summed E-state index contributed by atoms with van der Waals surface area (Å²) in [4.78, 5) is 3.33. The number of aromatic hydroxyl groups is 1. The van der Waals surface area contributed by atoms with Gasteiger partial charge in [-0.05, 0) is 42.0 Å². The molecule has 1 heterocycles. The lowest BCUT2D eigenvalue weighted by Gasteiger charge is -2.11. The van der Waals surface area contributed by atoms with E-state index in [1.807, 2.05) is 0 Å². The van der Waals surface area contributed by atoms with Crippen LogP contribution in [0.15, 0.2) is 48.7 Å². The molecule has 0 unspecified atom stereocenters. The fraction of sp³-hybridized carbons (Fsp3) is 0.0556. The minimum Gasteiger partial charge on any atom is -0.493 e. The van der Waals surface area contributed by atoms with Crippen LogP contribution in [0.4, 0.5) is 17.1 Å². The first-order valence-electron chi connectivity index (χ1n) is 7.82. The Kier molecular flexibility index (Phi) is 5.59. The van der Waals surface area contributed by atoms with Gasteiger partial charge in [-0.15, -0.1) is 0 Å². The average Bonchev–Trinajstić information content (AvgIpc) is 2.63. The maximum Gasteiger partial charge on any atom is 0.488 e. The second kappa shape index (κ2) is 7.95. The molecule has 0 atom stereocenters. The molecule has 3 aromatic rings. The van der Waals surface area contributed by atoms with Crippen molar-refractivity contribution >= 4 is 10.5 Å². The fourth-order valence-corrected chi connectivity index (χ4v) is 2.75. The molecule has 29 heavy (non-hydrogen) atoms. The quantitative estimate of drug-likeness (QED) is 0.470. The molecule has 0 aliphatic heterocycles. The number of pyridine rings is 1. The standard InChI is InChI=1S/C18H11F4NO5S/c19-15-5-10(13-7-18(24)23-8-17(13)21)6-16(20)14(15)9-27-11-1-3-12(4-2-11)28-29(22,25)26/h1-8H,9H2,(H,23,24). The summed E-state index contributed by atoms with van der Waals surface area (Å²) >= 11 is 0. The van der Waals surface area contributed by atoms with Crippen LogP contribution < -0.4 is 8.92 Å². The second-order valence-electron chi connectivity index (χ2n) is 5.68. The van der Waals surface area contributed by atoms with E-state index < -0.39 is 46.0 Å². The summed E-state index contributed by atoms with van der Waals surface area (Å²) in [6.07, 6.45) is 0.721. The van der Waals surface area contributed by atoms with Gasteiger partial charge in [-0.2, -0.15) is 8.42 Å². The average molecular weight is 429 g/mol. The summed E-state index contributed by atoms with van der Waals surface area (Å²) < 4.78 is 84.9. The molecular formula is C18H11F4NO5S. The van der Waals surface area contributed by atoms with E-state index in [0.717, 1.165) is 36.5 Å². The molecule has 0 fully saturated rings. The molecule has 0 spiro atoms. The monoisotopic (exact) mass is 429 g/mol. The van der Waals surface area contributed by atoms with E-state index in [1.165, 1.54) is 12.1 Å². The van der Waals surface area contributed by atoms with Gasteiger partial charge in [-0.3, -0.25) is 0 Å². The number of ether oxygens (including phenoxy) is 1. The topological polar surface area (TPSA) is 85.7 Å². The van der Waals surface area contributed by atoms with Crippen molar-refractivity contribution in [1.82, 2.24) is 4.98 Å². The van der Waals surface area contributed by atoms with Crippen molar-refractivity contribution in [3.8, 4) is 28.5 Å². The number of nitrogens with zero attached hydrogens (tertiary/aromatic N) is 1. The number of hydrogen-bond donors (Lipinski definition) is 1. The van der Waals surface area contributed by atoms with Crippen molar-refractivity contribution < 1.29 is 39.5 Å². The van der Waals surface area contributed by atoms with E-state index in [4.69, 9.17) is 4.74 Å². The number of halogens is 4. The third kappa shape index (κ3) is 5.13. The summed E-state index contributed by atoms with van der Waals surface area (Å²) in [6, 6.07) is 7.27. The van der Waals surface area contributed by atoms with Crippen LogP contribution in [0.25, 0.3) is 11.1 Å². The predicted molar refractivity (Wildman–Crippen MR) is 92.6 cm³/mol. The van der Waals surface area contributed by atoms with Crippen LogP contribution in [0.3, 0.4) is 0 Å². The van der Waals surface area contributed by atoms with Crippen LogP contribution in [-0.4, -0.2) is 18.5 Å². The Morgan fingerprint density at radius 2 is 1.52 bits per heavy atom. The van der Waals surface area contributed by atoms with Crippen molar-refractivity contribution in [1.29, 1.82) is 0 Å². The molecule has 6 nitrogen and oxygen atoms in total. The third-order valence-electron chi connectivity index (χ3n) is 3.70. The number of rotatable bonds is 6. The van der Waals surface area contributed by atoms with E-state index in [-0.39, 0.29) is 22.6 Å². The van der Waals surface area contributed by atoms with E-state index in [9.17, 15) is 30.6 Å². The number of hydrogen-bond acceptors (Lipinski definition) is 6. The molecule has 1 aromatic heterocycles. The first-order valence-corrected chi connectivity index (χ1v) is 9.13. The molecule has 0 radical (unpaired) electrons. The van der Waals surface area contributed by atoms with Gasteiger partial charge < -0.3 is 14.0 Å². The highest BCUT2D eigenvalue weighted by Gasteiger charge is 2.16. The van der Waals surface area contributed by atoms with Crippen LogP contribution in [0.2, 0.25) is 0 Å². The molecule has 0 aliphatic rings. The summed E-state index contributed by atoms with van der Waals surface area (Å²) in [5.74, 6) is -3.63. The SMILES string of the molecule is O=S(=O)(F)Oc1ccc(OCc2c(F)cc(-c3cc(O)ncc3F)cc2F)cc1. The van der Waals surface area contributed by atoms with Gasteiger partial charge >= 0.3 is 10.5 Å². The maximum absolute atomic E-state index is 14.3. The molecular weight excluding hydrogens is 418 g/mol. The van der Waals surface area contributed by atoms with Gasteiger partial charge in [0.05, 0.1) is 11.8 Å². The van der Waals surface area contributed by atoms with Gasteiger partial charge in [0.15, 0.2) is 0 Å². The van der Waals surface area contributed by atoms with Gasteiger partial charge in [0.2, 0.25) is 5.88 Å². The van der Waals surface area contributed by atoms with Crippen LogP contribution >= 0.6 is 0 Å². The van der Waals surface area contributed by atoms with Gasteiger partial charge in [0.1, 0.15) is 35.6 Å². The minimum atomic E-state index is -5.18. The number of aromatic nitrogens is 1. The normalized spacial score (nSPS) is 11.3. The Morgan fingerprint density at radius 3 is 2.10 bits per heavy atom. The Bertz CT molecular complexity index is 1130. The lowest BCUT2D eigenvalue weighted by Crippen LogP contribution is -2.04. The molecule has 0 aliphatic carbocycles. The molecule has 2 aromatic carbocycles. The molecule has 0 amide bonds.